The number of hydrogen-bond donors (Lipinski definition) is 0. The van der Waals surface area contributed by atoms with Crippen molar-refractivity contribution in [3.05, 3.63) is 30.3 Å². The van der Waals surface area contributed by atoms with Crippen molar-refractivity contribution in [2.75, 3.05) is 33.0 Å². The molecule has 0 bridgehead atoms. The van der Waals surface area contributed by atoms with Gasteiger partial charge in [-0.2, -0.15) is 0 Å². The molecule has 5 heteroatoms. The molecule has 0 aliphatic heterocycles. The van der Waals surface area contributed by atoms with Crippen molar-refractivity contribution in [3.63, 3.8) is 0 Å². The van der Waals surface area contributed by atoms with E-state index in [0.29, 0.717) is 33.0 Å². The molecule has 0 fully saturated rings. The van der Waals surface area contributed by atoms with E-state index >= 15 is 0 Å². The quantitative estimate of drug-likeness (QED) is 0.0295. The lowest BCUT2D eigenvalue weighted by Crippen LogP contribution is -2.02. The minimum atomic E-state index is 0.704. The fourth-order valence-electron chi connectivity index (χ4n) is 9.38. The summed E-state index contributed by atoms with van der Waals surface area (Å²) in [4.78, 5) is 0. The van der Waals surface area contributed by atoms with Gasteiger partial charge in [0.1, 0.15) is 28.7 Å². The molecule has 0 spiro atoms. The van der Waals surface area contributed by atoms with E-state index in [0.717, 1.165) is 87.8 Å². The SMILES string of the molecule is CCCCCCCOc1cc2c(OCCCCCCC)cc3c(OCCCCCCC)cc4c(OCCCCCCC)cc5c(OCCCCCCC)cc1c1c5c4c3c21. The van der Waals surface area contributed by atoms with E-state index in [1.54, 1.807) is 0 Å². The van der Waals surface area contributed by atoms with Crippen LogP contribution >= 0.6 is 0 Å². The van der Waals surface area contributed by atoms with E-state index in [9.17, 15) is 0 Å². The monoisotopic (exact) mass is 821 g/mol. The maximum Gasteiger partial charge on any atom is 0.128 e. The van der Waals surface area contributed by atoms with Crippen LogP contribution in [0.4, 0.5) is 0 Å². The first-order chi connectivity index (χ1) is 29.7. The molecule has 0 aliphatic carbocycles. The van der Waals surface area contributed by atoms with Gasteiger partial charge < -0.3 is 23.7 Å². The van der Waals surface area contributed by atoms with Crippen LogP contribution in [0.25, 0.3) is 53.9 Å². The average molecular weight is 821 g/mol. The van der Waals surface area contributed by atoms with Gasteiger partial charge >= 0.3 is 0 Å². The van der Waals surface area contributed by atoms with Crippen LogP contribution < -0.4 is 23.7 Å². The fraction of sp³-hybridized carbons (Fsp3) is 0.636. The first-order valence-corrected chi connectivity index (χ1v) is 25.1. The molecule has 5 nitrogen and oxygen atoms in total. The zero-order chi connectivity index (χ0) is 41.9. The number of rotatable bonds is 35. The minimum absolute atomic E-state index is 0.704. The van der Waals surface area contributed by atoms with Crippen LogP contribution in [0.2, 0.25) is 0 Å². The summed E-state index contributed by atoms with van der Waals surface area (Å²) in [6.45, 7) is 14.9. The average Bonchev–Trinajstić information content (AvgIpc) is 3.62. The number of unbranched alkanes of at least 4 members (excludes halogenated alkanes) is 20. The third-order valence-electron chi connectivity index (χ3n) is 12.8. The maximum atomic E-state index is 6.86. The first-order valence-electron chi connectivity index (χ1n) is 25.1. The summed E-state index contributed by atoms with van der Waals surface area (Å²) in [6, 6.07) is 11.5. The van der Waals surface area contributed by atoms with Crippen LogP contribution in [-0.4, -0.2) is 33.0 Å². The van der Waals surface area contributed by atoms with Crippen LogP contribution in [0.1, 0.15) is 195 Å². The van der Waals surface area contributed by atoms with Crippen molar-refractivity contribution in [2.45, 2.75) is 195 Å². The van der Waals surface area contributed by atoms with Gasteiger partial charge in [-0.25, -0.2) is 0 Å². The third kappa shape index (κ3) is 11.4. The van der Waals surface area contributed by atoms with E-state index in [2.05, 4.69) is 65.0 Å². The lowest BCUT2D eigenvalue weighted by atomic mass is 9.97. The highest BCUT2D eigenvalue weighted by molar-refractivity contribution is 6.47. The van der Waals surface area contributed by atoms with Crippen molar-refractivity contribution >= 4 is 53.9 Å². The second-order valence-electron chi connectivity index (χ2n) is 17.8. The largest absolute Gasteiger partial charge is 0.493 e. The molecule has 6 rings (SSSR count). The smallest absolute Gasteiger partial charge is 0.128 e. The molecule has 0 radical (unpaired) electrons. The molecule has 0 aliphatic rings. The molecule has 60 heavy (non-hydrogen) atoms. The van der Waals surface area contributed by atoms with Gasteiger partial charge in [0.15, 0.2) is 0 Å². The molecule has 6 aromatic carbocycles. The first kappa shape index (κ1) is 45.9. The van der Waals surface area contributed by atoms with Crippen LogP contribution in [-0.2, 0) is 0 Å². The van der Waals surface area contributed by atoms with E-state index in [-0.39, 0.29) is 0 Å². The fourth-order valence-corrected chi connectivity index (χ4v) is 9.38. The van der Waals surface area contributed by atoms with Crippen LogP contribution in [0.5, 0.6) is 28.7 Å². The zero-order valence-electron chi connectivity index (χ0n) is 38.6. The van der Waals surface area contributed by atoms with Crippen molar-refractivity contribution in [1.29, 1.82) is 0 Å². The van der Waals surface area contributed by atoms with Gasteiger partial charge in [-0.1, -0.05) is 163 Å². The molecule has 0 saturated heterocycles. The summed E-state index contributed by atoms with van der Waals surface area (Å²) in [5.74, 6) is 4.68. The second kappa shape index (κ2) is 24.7. The Labute approximate surface area is 363 Å². The maximum absolute atomic E-state index is 6.86. The highest BCUT2D eigenvalue weighted by Crippen LogP contribution is 2.57. The molecule has 0 aromatic heterocycles. The topological polar surface area (TPSA) is 46.2 Å². The molecule has 6 aromatic rings. The Hall–Kier alpha value is -3.60. The van der Waals surface area contributed by atoms with Crippen LogP contribution in [0, 0.1) is 0 Å². The second-order valence-corrected chi connectivity index (χ2v) is 17.8. The van der Waals surface area contributed by atoms with Gasteiger partial charge in [-0.05, 0) is 62.4 Å². The van der Waals surface area contributed by atoms with Gasteiger partial charge in [-0.15, -0.1) is 0 Å². The molecule has 0 heterocycles. The normalized spacial score (nSPS) is 12.1. The third-order valence-corrected chi connectivity index (χ3v) is 12.8. The summed E-state index contributed by atoms with van der Waals surface area (Å²) in [5, 5.41) is 12.0. The molecule has 330 valence electrons. The lowest BCUT2D eigenvalue weighted by Gasteiger charge is -2.17. The number of ether oxygens (including phenoxy) is 5. The zero-order valence-corrected chi connectivity index (χ0v) is 38.6. The number of hydrogen-bond acceptors (Lipinski definition) is 5. The van der Waals surface area contributed by atoms with Gasteiger partial charge in [0.05, 0.1) is 33.0 Å². The molecular weight excluding hydrogens is 741 g/mol. The summed E-state index contributed by atoms with van der Waals surface area (Å²) in [7, 11) is 0. The van der Waals surface area contributed by atoms with Crippen molar-refractivity contribution in [2.24, 2.45) is 0 Å². The minimum Gasteiger partial charge on any atom is -0.493 e. The van der Waals surface area contributed by atoms with Gasteiger partial charge in [-0.3, -0.25) is 0 Å². The lowest BCUT2D eigenvalue weighted by molar-refractivity contribution is 0.303. The number of benzene rings is 5. The summed E-state index contributed by atoms with van der Waals surface area (Å²) in [5.41, 5.74) is 0. The molecule has 0 atom stereocenters. The van der Waals surface area contributed by atoms with Crippen LogP contribution in [0.3, 0.4) is 0 Å². The van der Waals surface area contributed by atoms with Crippen molar-refractivity contribution < 1.29 is 23.7 Å². The Bertz CT molecular complexity index is 1710. The summed E-state index contributed by atoms with van der Waals surface area (Å²) < 4.78 is 34.3. The highest BCUT2D eigenvalue weighted by Gasteiger charge is 2.29. The Balaban J connectivity index is 1.51. The van der Waals surface area contributed by atoms with Gasteiger partial charge in [0.25, 0.3) is 0 Å². The Morgan fingerprint density at radius 2 is 0.400 bits per heavy atom. The standard InChI is InChI=1S/C55H80O5/c1-6-11-16-21-26-31-56-46-36-42-48(58-33-28-23-18-13-8-3)38-44-50(60-35-30-25-20-15-10-5)40-45-49(59-34-29-24-19-14-9-4)39-43-47(57-32-27-22-17-12-7-2)37-41(46)51-52(42)54(44)55(45)53(43)51/h36-40H,6-35H2,1-5H3. The van der Waals surface area contributed by atoms with Gasteiger partial charge in [0, 0.05) is 53.9 Å². The molecule has 0 N–H and O–H groups in total. The Kier molecular flexibility index (Phi) is 18.9. The van der Waals surface area contributed by atoms with E-state index < -0.39 is 0 Å². The van der Waals surface area contributed by atoms with Crippen molar-refractivity contribution in [1.82, 2.24) is 0 Å². The van der Waals surface area contributed by atoms with Crippen molar-refractivity contribution in [3.8, 4) is 28.7 Å². The summed E-state index contributed by atoms with van der Waals surface area (Å²) >= 11 is 0. The molecule has 0 amide bonds. The van der Waals surface area contributed by atoms with E-state index in [1.165, 1.54) is 155 Å². The predicted molar refractivity (Wildman–Crippen MR) is 259 cm³/mol. The Morgan fingerprint density at radius 3 is 0.567 bits per heavy atom. The predicted octanol–water partition coefficient (Wildman–Crippen LogP) is 17.5. The molecule has 0 unspecified atom stereocenters. The van der Waals surface area contributed by atoms with Crippen LogP contribution in [0.15, 0.2) is 30.3 Å². The van der Waals surface area contributed by atoms with E-state index in [4.69, 9.17) is 23.7 Å². The van der Waals surface area contributed by atoms with Gasteiger partial charge in [0.2, 0.25) is 0 Å². The Morgan fingerprint density at radius 1 is 0.233 bits per heavy atom. The summed E-state index contributed by atoms with van der Waals surface area (Å²) in [6.07, 6.45) is 30.1. The van der Waals surface area contributed by atoms with E-state index in [1.807, 2.05) is 0 Å². The highest BCUT2D eigenvalue weighted by atomic mass is 16.5. The molecular formula is C55H80O5. The molecule has 0 saturated carbocycles.